The average molecular weight is 571 g/mol. The van der Waals surface area contributed by atoms with E-state index in [-0.39, 0.29) is 37.3 Å². The number of benzene rings is 3. The molecule has 9 nitrogen and oxygen atoms in total. The first-order valence-corrected chi connectivity index (χ1v) is 14.2. The highest BCUT2D eigenvalue weighted by Crippen LogP contribution is 2.44. The average Bonchev–Trinajstić information content (AvgIpc) is 3.31. The highest BCUT2D eigenvalue weighted by Gasteiger charge is 2.30. The van der Waals surface area contributed by atoms with Gasteiger partial charge in [0.1, 0.15) is 25.2 Å². The topological polar surface area (TPSA) is 126 Å². The molecular formula is C33H38N4O5. The van der Waals surface area contributed by atoms with Crippen molar-refractivity contribution in [2.45, 2.75) is 44.7 Å². The first-order valence-electron chi connectivity index (χ1n) is 14.2. The molecule has 4 amide bonds. The second-order valence-corrected chi connectivity index (χ2v) is 10.8. The Morgan fingerprint density at radius 2 is 1.36 bits per heavy atom. The molecule has 4 rings (SSSR count). The molecule has 3 aromatic rings. The van der Waals surface area contributed by atoms with Gasteiger partial charge in [-0.15, -0.1) is 0 Å². The summed E-state index contributed by atoms with van der Waals surface area (Å²) in [6.45, 7) is 3.66. The largest absolute Gasteiger partial charge is 0.449 e. The number of carbonyl (C=O) groups excluding carboxylic acids is 4. The summed E-state index contributed by atoms with van der Waals surface area (Å²) in [5.41, 5.74) is 5.26. The minimum absolute atomic E-state index is 0.102. The number of hydrogen-bond acceptors (Lipinski definition) is 5. The molecule has 0 aliphatic heterocycles. The lowest BCUT2D eigenvalue weighted by atomic mass is 9.98. The molecule has 1 aliphatic carbocycles. The number of nitrogens with one attached hydrogen (secondary N) is 4. The van der Waals surface area contributed by atoms with Gasteiger partial charge < -0.3 is 26.0 Å². The van der Waals surface area contributed by atoms with Crippen LogP contribution in [-0.4, -0.2) is 56.1 Å². The van der Waals surface area contributed by atoms with Crippen LogP contribution in [-0.2, 0) is 25.5 Å². The van der Waals surface area contributed by atoms with Crippen LogP contribution < -0.4 is 21.3 Å². The van der Waals surface area contributed by atoms with Gasteiger partial charge in [-0.25, -0.2) is 4.79 Å². The van der Waals surface area contributed by atoms with Crippen LogP contribution in [0.2, 0.25) is 0 Å². The van der Waals surface area contributed by atoms with E-state index in [0.29, 0.717) is 6.42 Å². The molecule has 0 bridgehead atoms. The van der Waals surface area contributed by atoms with E-state index in [1.807, 2.05) is 80.6 Å². The van der Waals surface area contributed by atoms with E-state index in [1.165, 1.54) is 7.05 Å². The monoisotopic (exact) mass is 570 g/mol. The van der Waals surface area contributed by atoms with Crippen molar-refractivity contribution in [2.24, 2.45) is 5.92 Å². The van der Waals surface area contributed by atoms with Crippen molar-refractivity contribution < 1.29 is 23.9 Å². The van der Waals surface area contributed by atoms with E-state index < -0.39 is 30.0 Å². The van der Waals surface area contributed by atoms with Gasteiger partial charge in [0.25, 0.3) is 0 Å². The molecule has 0 radical (unpaired) electrons. The summed E-state index contributed by atoms with van der Waals surface area (Å²) in [5, 5.41) is 10.6. The summed E-state index contributed by atoms with van der Waals surface area (Å²) in [7, 11) is 1.51. The van der Waals surface area contributed by atoms with Crippen molar-refractivity contribution in [2.75, 3.05) is 20.2 Å². The van der Waals surface area contributed by atoms with Crippen molar-refractivity contribution in [1.29, 1.82) is 0 Å². The zero-order valence-electron chi connectivity index (χ0n) is 24.2. The van der Waals surface area contributed by atoms with E-state index in [0.717, 1.165) is 27.8 Å². The third-order valence-electron chi connectivity index (χ3n) is 7.26. The van der Waals surface area contributed by atoms with Gasteiger partial charge in [-0.2, -0.15) is 0 Å². The number of rotatable bonds is 12. The van der Waals surface area contributed by atoms with Crippen molar-refractivity contribution in [3.63, 3.8) is 0 Å². The molecule has 0 saturated carbocycles. The number of alkyl carbamates (subject to hydrolysis) is 1. The summed E-state index contributed by atoms with van der Waals surface area (Å²) in [6.07, 6.45) is -0.0700. The number of ether oxygens (including phenoxy) is 1. The number of fused-ring (bicyclic) bond motifs is 3. The maximum absolute atomic E-state index is 13.3. The quantitative estimate of drug-likeness (QED) is 0.265. The standard InChI is InChI=1S/C33H38N4O5/c1-21(2)17-28(31(39)34-3)37-32(40)29(18-22-11-5-4-6-12-22)36-30(38)19-35-33(41)42-20-27-25-15-9-7-13-23(25)24-14-8-10-16-26(24)27/h4-16,21,27-29H,17-20H2,1-3H3,(H,34,39)(H,35,41)(H,36,38)(H,37,40)/t28-,29-/m0/s1. The lowest BCUT2D eigenvalue weighted by Crippen LogP contribution is -2.55. The second-order valence-electron chi connectivity index (χ2n) is 10.8. The van der Waals surface area contributed by atoms with Gasteiger partial charge in [0.05, 0.1) is 0 Å². The zero-order chi connectivity index (χ0) is 30.1. The molecule has 9 heteroatoms. The molecule has 3 aromatic carbocycles. The Bertz CT molecular complexity index is 1360. The molecule has 0 spiro atoms. The Labute approximate surface area is 246 Å². The highest BCUT2D eigenvalue weighted by atomic mass is 16.5. The van der Waals surface area contributed by atoms with Gasteiger partial charge in [-0.1, -0.05) is 92.7 Å². The summed E-state index contributed by atoms with van der Waals surface area (Å²) >= 11 is 0. The van der Waals surface area contributed by atoms with Crippen LogP contribution >= 0.6 is 0 Å². The molecule has 0 fully saturated rings. The molecule has 1 aliphatic rings. The SMILES string of the molecule is CNC(=O)[C@H](CC(C)C)NC(=O)[C@H](Cc1ccccc1)NC(=O)CNC(=O)OCC1c2ccccc2-c2ccccc21. The lowest BCUT2D eigenvalue weighted by molar-refractivity contribution is -0.132. The van der Waals surface area contributed by atoms with E-state index in [9.17, 15) is 19.2 Å². The zero-order valence-corrected chi connectivity index (χ0v) is 24.2. The molecule has 42 heavy (non-hydrogen) atoms. The van der Waals surface area contributed by atoms with Gasteiger partial charge >= 0.3 is 6.09 Å². The first kappa shape index (κ1) is 30.3. The molecule has 0 heterocycles. The van der Waals surface area contributed by atoms with Gasteiger partial charge in [-0.3, -0.25) is 14.4 Å². The molecule has 0 saturated heterocycles. The van der Waals surface area contributed by atoms with Crippen LogP contribution in [0.4, 0.5) is 4.79 Å². The molecular weight excluding hydrogens is 532 g/mol. The predicted molar refractivity (Wildman–Crippen MR) is 161 cm³/mol. The van der Waals surface area contributed by atoms with Crippen molar-refractivity contribution in [3.05, 3.63) is 95.6 Å². The normalized spacial score (nSPS) is 13.3. The van der Waals surface area contributed by atoms with Crippen LogP contribution in [0.25, 0.3) is 11.1 Å². The van der Waals surface area contributed by atoms with Crippen LogP contribution in [0.5, 0.6) is 0 Å². The van der Waals surface area contributed by atoms with Gasteiger partial charge in [0.2, 0.25) is 17.7 Å². The summed E-state index contributed by atoms with van der Waals surface area (Å²) < 4.78 is 5.51. The van der Waals surface area contributed by atoms with Crippen molar-refractivity contribution >= 4 is 23.8 Å². The summed E-state index contributed by atoms with van der Waals surface area (Å²) in [5.74, 6) is -1.28. The number of amides is 4. The second kappa shape index (κ2) is 14.3. The Morgan fingerprint density at radius 3 is 1.95 bits per heavy atom. The van der Waals surface area contributed by atoms with E-state index in [4.69, 9.17) is 4.74 Å². The van der Waals surface area contributed by atoms with Gasteiger partial charge in [0, 0.05) is 19.4 Å². The number of carbonyl (C=O) groups is 4. The minimum Gasteiger partial charge on any atom is -0.449 e. The highest BCUT2D eigenvalue weighted by molar-refractivity contribution is 5.93. The van der Waals surface area contributed by atoms with Crippen molar-refractivity contribution in [1.82, 2.24) is 21.3 Å². The molecule has 2 atom stereocenters. The van der Waals surface area contributed by atoms with Gasteiger partial charge in [0.15, 0.2) is 0 Å². The molecule has 4 N–H and O–H groups in total. The van der Waals surface area contributed by atoms with E-state index >= 15 is 0 Å². The minimum atomic E-state index is -0.955. The molecule has 0 unspecified atom stereocenters. The van der Waals surface area contributed by atoms with E-state index in [2.05, 4.69) is 33.4 Å². The third-order valence-corrected chi connectivity index (χ3v) is 7.26. The Morgan fingerprint density at radius 1 is 0.762 bits per heavy atom. The maximum Gasteiger partial charge on any atom is 0.407 e. The number of likely N-dealkylation sites (N-methyl/N-ethyl adjacent to an activating group) is 1. The molecule has 0 aromatic heterocycles. The fourth-order valence-electron chi connectivity index (χ4n) is 5.26. The van der Waals surface area contributed by atoms with Crippen LogP contribution in [0.1, 0.15) is 42.9 Å². The summed E-state index contributed by atoms with van der Waals surface area (Å²) in [4.78, 5) is 51.1. The summed E-state index contributed by atoms with van der Waals surface area (Å²) in [6, 6.07) is 23.6. The Hall–Kier alpha value is -4.66. The fourth-order valence-corrected chi connectivity index (χ4v) is 5.26. The first-order chi connectivity index (χ1) is 20.3. The van der Waals surface area contributed by atoms with Crippen LogP contribution in [0.15, 0.2) is 78.9 Å². The third kappa shape index (κ3) is 7.75. The van der Waals surface area contributed by atoms with Crippen LogP contribution in [0, 0.1) is 5.92 Å². The van der Waals surface area contributed by atoms with Gasteiger partial charge in [-0.05, 0) is 40.2 Å². The number of hydrogen-bond donors (Lipinski definition) is 4. The lowest BCUT2D eigenvalue weighted by Gasteiger charge is -2.24. The Kier molecular flexibility index (Phi) is 10.3. The Balaban J connectivity index is 1.35. The van der Waals surface area contributed by atoms with Crippen LogP contribution in [0.3, 0.4) is 0 Å². The van der Waals surface area contributed by atoms with Crippen molar-refractivity contribution in [3.8, 4) is 11.1 Å². The van der Waals surface area contributed by atoms with E-state index in [1.54, 1.807) is 0 Å². The maximum atomic E-state index is 13.3. The predicted octanol–water partition coefficient (Wildman–Crippen LogP) is 3.53. The smallest absolute Gasteiger partial charge is 0.407 e. The fraction of sp³-hybridized carbons (Fsp3) is 0.333. The molecule has 220 valence electrons.